The molecule has 0 saturated heterocycles. The fourth-order valence-electron chi connectivity index (χ4n) is 2.04. The largest absolute Gasteiger partial charge is 0.481 e. The summed E-state index contributed by atoms with van der Waals surface area (Å²) in [4.78, 5) is 15.3. The summed E-state index contributed by atoms with van der Waals surface area (Å²) < 4.78 is 8.03. The van der Waals surface area contributed by atoms with Gasteiger partial charge < -0.3 is 14.1 Å². The molecule has 0 aliphatic heterocycles. The molecule has 0 amide bonds. The molecule has 2 heterocycles. The van der Waals surface area contributed by atoms with E-state index in [4.69, 9.17) is 9.52 Å². The second kappa shape index (κ2) is 5.95. The van der Waals surface area contributed by atoms with Gasteiger partial charge in [-0.2, -0.15) is 0 Å². The van der Waals surface area contributed by atoms with Gasteiger partial charge in [-0.1, -0.05) is 27.7 Å². The molecule has 2 aromatic heterocycles. The molecule has 0 atom stereocenters. The van der Waals surface area contributed by atoms with Crippen LogP contribution in [0.5, 0.6) is 0 Å². The minimum atomic E-state index is -0.858. The highest BCUT2D eigenvalue weighted by Crippen LogP contribution is 2.27. The Balaban J connectivity index is 2.03. The molecule has 3 aromatic rings. The third-order valence-corrected chi connectivity index (χ3v) is 4.38. The number of hydrogen-bond donors (Lipinski definition) is 1. The van der Waals surface area contributed by atoms with Crippen LogP contribution in [0.4, 0.5) is 0 Å². The first-order valence-electron chi connectivity index (χ1n) is 6.15. The number of aliphatic carboxylic acids is 1. The van der Waals surface area contributed by atoms with E-state index in [0.717, 1.165) is 21.1 Å². The predicted octanol–water partition coefficient (Wildman–Crippen LogP) is 3.62. The Labute approximate surface area is 133 Å². The summed E-state index contributed by atoms with van der Waals surface area (Å²) in [6.45, 7) is 0.594. The maximum Gasteiger partial charge on any atom is 0.313 e. The first-order chi connectivity index (χ1) is 10.1. The third-order valence-electron chi connectivity index (χ3n) is 2.92. The number of hydrogen-bond acceptors (Lipinski definition) is 4. The van der Waals surface area contributed by atoms with Crippen molar-refractivity contribution >= 4 is 44.7 Å². The van der Waals surface area contributed by atoms with Gasteiger partial charge in [0.2, 0.25) is 0 Å². The molecule has 1 aromatic carbocycles. The molecular weight excluding hydrogens is 356 g/mol. The van der Waals surface area contributed by atoms with Crippen molar-refractivity contribution in [3.63, 3.8) is 0 Å². The second-order valence-corrected chi connectivity index (χ2v) is 6.29. The van der Waals surface area contributed by atoms with Crippen LogP contribution in [0.3, 0.4) is 0 Å². The normalized spacial score (nSPS) is 11.1. The van der Waals surface area contributed by atoms with Gasteiger partial charge in [0.05, 0.1) is 35.9 Å². The lowest BCUT2D eigenvalue weighted by atomic mass is 10.3. The van der Waals surface area contributed by atoms with E-state index in [-0.39, 0.29) is 5.75 Å². The number of fused-ring (bicyclic) bond motifs is 1. The number of aromatic nitrogens is 2. The molecule has 0 aliphatic rings. The smallest absolute Gasteiger partial charge is 0.313 e. The van der Waals surface area contributed by atoms with E-state index in [1.165, 1.54) is 11.8 Å². The van der Waals surface area contributed by atoms with Crippen molar-refractivity contribution in [3.05, 3.63) is 46.8 Å². The molecule has 0 fully saturated rings. The minimum Gasteiger partial charge on any atom is -0.481 e. The zero-order valence-electron chi connectivity index (χ0n) is 10.8. The molecule has 21 heavy (non-hydrogen) atoms. The quantitative estimate of drug-likeness (QED) is 0.698. The summed E-state index contributed by atoms with van der Waals surface area (Å²) >= 11 is 4.64. The molecule has 108 valence electrons. The lowest BCUT2D eigenvalue weighted by molar-refractivity contribution is -0.133. The summed E-state index contributed by atoms with van der Waals surface area (Å²) in [6.07, 6.45) is 3.30. The van der Waals surface area contributed by atoms with Crippen molar-refractivity contribution in [2.75, 3.05) is 5.75 Å². The van der Waals surface area contributed by atoms with Gasteiger partial charge in [0.1, 0.15) is 0 Å². The van der Waals surface area contributed by atoms with E-state index in [1.807, 2.05) is 28.8 Å². The van der Waals surface area contributed by atoms with Crippen molar-refractivity contribution in [3.8, 4) is 0 Å². The number of nitrogens with zero attached hydrogens (tertiary/aromatic N) is 2. The Morgan fingerprint density at radius 1 is 1.43 bits per heavy atom. The van der Waals surface area contributed by atoms with Gasteiger partial charge in [0.15, 0.2) is 5.16 Å². The lowest BCUT2D eigenvalue weighted by Crippen LogP contribution is -2.04. The molecule has 7 heteroatoms. The summed E-state index contributed by atoms with van der Waals surface area (Å²) in [5.74, 6) is -0.876. The molecule has 3 rings (SSSR count). The van der Waals surface area contributed by atoms with Crippen LogP contribution in [0.2, 0.25) is 0 Å². The SMILES string of the molecule is O=C(O)CSc1nc2cc(Br)ccc2n1Cc1ccoc1. The number of furan rings is 1. The van der Waals surface area contributed by atoms with Gasteiger partial charge in [-0.15, -0.1) is 0 Å². The standard InChI is InChI=1S/C14H11BrN2O3S/c15-10-1-2-12-11(5-10)16-14(21-8-13(18)19)17(12)6-9-3-4-20-7-9/h1-5,7H,6,8H2,(H,18,19). The van der Waals surface area contributed by atoms with E-state index < -0.39 is 5.97 Å². The average molecular weight is 367 g/mol. The van der Waals surface area contributed by atoms with Gasteiger partial charge in [-0.3, -0.25) is 4.79 Å². The Hall–Kier alpha value is -1.73. The highest BCUT2D eigenvalue weighted by molar-refractivity contribution is 9.10. The molecule has 5 nitrogen and oxygen atoms in total. The number of imidazole rings is 1. The molecule has 0 unspecified atom stereocenters. The van der Waals surface area contributed by atoms with Crippen LogP contribution in [0.15, 0.2) is 50.8 Å². The van der Waals surface area contributed by atoms with E-state index in [1.54, 1.807) is 12.5 Å². The number of benzene rings is 1. The zero-order chi connectivity index (χ0) is 14.8. The number of carboxylic acid groups (broad SMARTS) is 1. The van der Waals surface area contributed by atoms with E-state index in [0.29, 0.717) is 11.7 Å². The maximum atomic E-state index is 10.8. The molecule has 0 saturated carbocycles. The summed E-state index contributed by atoms with van der Waals surface area (Å²) in [5.41, 5.74) is 2.81. The number of carbonyl (C=O) groups is 1. The summed E-state index contributed by atoms with van der Waals surface area (Å²) in [7, 11) is 0. The highest BCUT2D eigenvalue weighted by Gasteiger charge is 2.13. The topological polar surface area (TPSA) is 68.3 Å². The van der Waals surface area contributed by atoms with Gasteiger partial charge in [0.25, 0.3) is 0 Å². The van der Waals surface area contributed by atoms with Crippen LogP contribution in [0, 0.1) is 0 Å². The Kier molecular flexibility index (Phi) is 4.03. The minimum absolute atomic E-state index is 0.0180. The number of rotatable bonds is 5. The van der Waals surface area contributed by atoms with Gasteiger partial charge in [0, 0.05) is 10.0 Å². The third kappa shape index (κ3) is 3.14. The van der Waals surface area contributed by atoms with Crippen LogP contribution in [-0.2, 0) is 11.3 Å². The lowest BCUT2D eigenvalue weighted by Gasteiger charge is -2.06. The van der Waals surface area contributed by atoms with Crippen molar-refractivity contribution in [1.82, 2.24) is 9.55 Å². The first kappa shape index (κ1) is 14.2. The van der Waals surface area contributed by atoms with Crippen molar-refractivity contribution in [2.45, 2.75) is 11.7 Å². The molecule has 0 radical (unpaired) electrons. The van der Waals surface area contributed by atoms with Gasteiger partial charge in [-0.25, -0.2) is 4.98 Å². The molecule has 0 spiro atoms. The van der Waals surface area contributed by atoms with Gasteiger partial charge >= 0.3 is 5.97 Å². The summed E-state index contributed by atoms with van der Waals surface area (Å²) in [6, 6.07) is 7.72. The van der Waals surface area contributed by atoms with E-state index >= 15 is 0 Å². The van der Waals surface area contributed by atoms with Crippen LogP contribution < -0.4 is 0 Å². The molecule has 0 bridgehead atoms. The zero-order valence-corrected chi connectivity index (χ0v) is 13.2. The summed E-state index contributed by atoms with van der Waals surface area (Å²) in [5, 5.41) is 9.55. The Bertz CT molecular complexity index is 783. The first-order valence-corrected chi connectivity index (χ1v) is 7.93. The van der Waals surface area contributed by atoms with E-state index in [9.17, 15) is 4.79 Å². The van der Waals surface area contributed by atoms with Crippen molar-refractivity contribution in [2.24, 2.45) is 0 Å². The number of thioether (sulfide) groups is 1. The Morgan fingerprint density at radius 3 is 3.00 bits per heavy atom. The van der Waals surface area contributed by atoms with Crippen LogP contribution in [-0.4, -0.2) is 26.4 Å². The van der Waals surface area contributed by atoms with Gasteiger partial charge in [-0.05, 0) is 24.3 Å². The maximum absolute atomic E-state index is 10.8. The fraction of sp³-hybridized carbons (Fsp3) is 0.143. The Morgan fingerprint density at radius 2 is 2.29 bits per heavy atom. The average Bonchev–Trinajstić information content (AvgIpc) is 3.05. The highest BCUT2D eigenvalue weighted by atomic mass is 79.9. The predicted molar refractivity (Wildman–Crippen MR) is 83.6 cm³/mol. The molecule has 1 N–H and O–H groups in total. The second-order valence-electron chi connectivity index (χ2n) is 4.43. The van der Waals surface area contributed by atoms with Crippen molar-refractivity contribution < 1.29 is 14.3 Å². The monoisotopic (exact) mass is 366 g/mol. The van der Waals surface area contributed by atoms with Crippen LogP contribution in [0.1, 0.15) is 5.56 Å². The van der Waals surface area contributed by atoms with Crippen LogP contribution >= 0.6 is 27.7 Å². The number of carboxylic acids is 1. The van der Waals surface area contributed by atoms with Crippen LogP contribution in [0.25, 0.3) is 11.0 Å². The fourth-order valence-corrected chi connectivity index (χ4v) is 3.12. The van der Waals surface area contributed by atoms with E-state index in [2.05, 4.69) is 20.9 Å². The molecular formula is C14H11BrN2O3S. The molecule has 0 aliphatic carbocycles. The number of halogens is 1. The van der Waals surface area contributed by atoms with Crippen molar-refractivity contribution in [1.29, 1.82) is 0 Å².